The van der Waals surface area contributed by atoms with E-state index in [1.807, 2.05) is 0 Å². The lowest BCUT2D eigenvalue weighted by molar-refractivity contribution is 0.280. The second-order valence-electron chi connectivity index (χ2n) is 5.17. The van der Waals surface area contributed by atoms with E-state index in [2.05, 4.69) is 19.8 Å². The highest BCUT2D eigenvalue weighted by atomic mass is 31.2. The molecule has 0 fully saturated rings. The van der Waals surface area contributed by atoms with Crippen molar-refractivity contribution < 1.29 is 14.4 Å². The second kappa shape index (κ2) is 7.55. The van der Waals surface area contributed by atoms with E-state index in [1.165, 1.54) is 6.33 Å². The molecule has 0 aliphatic heterocycles. The van der Waals surface area contributed by atoms with Gasteiger partial charge in [-0.15, -0.1) is 0 Å². The first-order valence-electron chi connectivity index (χ1n) is 7.11. The fourth-order valence-electron chi connectivity index (χ4n) is 2.18. The number of fused-ring (bicyclic) bond motifs is 1. The average Bonchev–Trinajstić information content (AvgIpc) is 2.89. The number of nitrogen functional groups attached to an aromatic ring is 1. The minimum absolute atomic E-state index is 0.0133. The number of nitrogens with two attached hydrogens (primary N) is 1. The first kappa shape index (κ1) is 18.1. The lowest BCUT2D eigenvalue weighted by Gasteiger charge is -2.20. The third kappa shape index (κ3) is 4.87. The number of hydrogen-bond donors (Lipinski definition) is 4. The third-order valence-corrected chi connectivity index (χ3v) is 4.17. The molecule has 0 aliphatic rings. The Kier molecular flexibility index (Phi) is 5.69. The quantitative estimate of drug-likeness (QED) is 0.351. The molecule has 0 aliphatic carbocycles. The molecule has 0 amide bonds. The molecular formula is C12H18N7O4P. The second-order valence-corrected chi connectivity index (χ2v) is 6.95. The predicted molar refractivity (Wildman–Crippen MR) is 87.4 cm³/mol. The molecule has 130 valence electrons. The van der Waals surface area contributed by atoms with Gasteiger partial charge in [-0.05, 0) is 0 Å². The molecule has 0 saturated carbocycles. The molecule has 5 N–H and O–H groups in total. The summed E-state index contributed by atoms with van der Waals surface area (Å²) >= 11 is 0. The van der Waals surface area contributed by atoms with Crippen LogP contribution < -0.4 is 11.3 Å². The summed E-state index contributed by atoms with van der Waals surface area (Å²) in [6.07, 6.45) is 1.18. The Labute approximate surface area is 137 Å². The fourth-order valence-corrected chi connectivity index (χ4v) is 2.73. The number of imidazole rings is 1. The van der Waals surface area contributed by atoms with E-state index >= 15 is 0 Å². The van der Waals surface area contributed by atoms with Crippen molar-refractivity contribution in [3.05, 3.63) is 28.1 Å². The number of anilines is 1. The lowest BCUT2D eigenvalue weighted by Crippen LogP contribution is -2.32. The molecule has 12 heteroatoms. The van der Waals surface area contributed by atoms with Crippen LogP contribution in [0, 0.1) is 6.57 Å². The Morgan fingerprint density at radius 1 is 1.42 bits per heavy atom. The smallest absolute Gasteiger partial charge is 0.326 e. The van der Waals surface area contributed by atoms with Crippen molar-refractivity contribution in [2.75, 3.05) is 38.1 Å². The summed E-state index contributed by atoms with van der Waals surface area (Å²) < 4.78 is 12.7. The van der Waals surface area contributed by atoms with E-state index in [4.69, 9.17) is 22.1 Å². The van der Waals surface area contributed by atoms with E-state index in [0.717, 1.165) is 0 Å². The number of nitrogens with zero attached hydrogens (tertiary/aromatic N) is 5. The van der Waals surface area contributed by atoms with Gasteiger partial charge in [-0.1, -0.05) is 0 Å². The Morgan fingerprint density at radius 2 is 2.17 bits per heavy atom. The van der Waals surface area contributed by atoms with E-state index in [9.17, 15) is 9.36 Å². The molecule has 0 saturated heterocycles. The van der Waals surface area contributed by atoms with Gasteiger partial charge < -0.3 is 24.9 Å². The zero-order valence-electron chi connectivity index (χ0n) is 12.8. The van der Waals surface area contributed by atoms with Crippen molar-refractivity contribution in [3.8, 4) is 0 Å². The van der Waals surface area contributed by atoms with Crippen LogP contribution in [0.1, 0.15) is 0 Å². The monoisotopic (exact) mass is 355 g/mol. The van der Waals surface area contributed by atoms with Crippen molar-refractivity contribution in [3.63, 3.8) is 0 Å². The average molecular weight is 355 g/mol. The number of H-pyrrole nitrogens is 1. The molecule has 0 atom stereocenters. The Morgan fingerprint density at radius 3 is 2.83 bits per heavy atom. The summed E-state index contributed by atoms with van der Waals surface area (Å²) in [5, 5.41) is 0. The Bertz CT molecular complexity index is 849. The summed E-state index contributed by atoms with van der Waals surface area (Å²) in [5.74, 6) is -0.0133. The molecule has 0 unspecified atom stereocenters. The summed E-state index contributed by atoms with van der Waals surface area (Å²) in [5.41, 5.74) is 5.62. The van der Waals surface area contributed by atoms with Crippen LogP contribution in [-0.2, 0) is 11.1 Å². The SMILES string of the molecule is [C-]#[N+]CCN(CCn1cnc2c(=O)[nH]c(N)nc21)CCP(=O)(O)O. The molecule has 2 aromatic heterocycles. The highest BCUT2D eigenvalue weighted by Gasteiger charge is 2.17. The number of nitrogens with one attached hydrogen (secondary N) is 1. The molecule has 0 spiro atoms. The van der Waals surface area contributed by atoms with Gasteiger partial charge in [0.15, 0.2) is 11.2 Å². The molecule has 0 bridgehead atoms. The number of hydrogen-bond acceptors (Lipinski definition) is 6. The van der Waals surface area contributed by atoms with Gasteiger partial charge in [-0.25, -0.2) is 11.6 Å². The van der Waals surface area contributed by atoms with E-state index < -0.39 is 13.2 Å². The highest BCUT2D eigenvalue weighted by Crippen LogP contribution is 2.33. The Balaban J connectivity index is 2.09. The van der Waals surface area contributed by atoms with E-state index in [0.29, 0.717) is 25.3 Å². The van der Waals surface area contributed by atoms with Crippen molar-refractivity contribution in [1.29, 1.82) is 0 Å². The predicted octanol–water partition coefficient (Wildman–Crippen LogP) is -0.899. The molecular weight excluding hydrogens is 337 g/mol. The van der Waals surface area contributed by atoms with Gasteiger partial charge in [-0.3, -0.25) is 19.2 Å². The van der Waals surface area contributed by atoms with Crippen LogP contribution in [0.2, 0.25) is 0 Å². The van der Waals surface area contributed by atoms with Crippen LogP contribution in [0.5, 0.6) is 0 Å². The van der Waals surface area contributed by atoms with Crippen LogP contribution in [-0.4, -0.2) is 66.5 Å². The molecule has 2 heterocycles. The summed E-state index contributed by atoms with van der Waals surface area (Å²) in [6, 6.07) is 0. The molecule has 11 nitrogen and oxygen atoms in total. The lowest BCUT2D eigenvalue weighted by atomic mass is 10.4. The van der Waals surface area contributed by atoms with Gasteiger partial charge in [0.2, 0.25) is 12.5 Å². The van der Waals surface area contributed by atoms with E-state index in [1.54, 1.807) is 9.47 Å². The maximum Gasteiger partial charge on any atom is 0.326 e. The van der Waals surface area contributed by atoms with E-state index in [-0.39, 0.29) is 30.7 Å². The number of rotatable bonds is 8. The van der Waals surface area contributed by atoms with Crippen molar-refractivity contribution in [2.45, 2.75) is 6.54 Å². The van der Waals surface area contributed by atoms with Crippen molar-refractivity contribution in [2.24, 2.45) is 0 Å². The first-order valence-corrected chi connectivity index (χ1v) is 8.90. The highest BCUT2D eigenvalue weighted by molar-refractivity contribution is 7.51. The van der Waals surface area contributed by atoms with Gasteiger partial charge in [0.25, 0.3) is 5.56 Å². The standard InChI is InChI=1S/C12H18N7O4P/c1-14-2-3-18(6-7-24(21,22)23)4-5-19-8-15-9-10(19)16-12(13)17-11(9)20/h8H,2-7H2,(H2,21,22,23)(H3,13,16,17,20). The summed E-state index contributed by atoms with van der Waals surface area (Å²) in [7, 11) is -4.10. The maximum absolute atomic E-state index is 11.7. The fraction of sp³-hybridized carbons (Fsp3) is 0.500. The van der Waals surface area contributed by atoms with Crippen molar-refractivity contribution in [1.82, 2.24) is 24.4 Å². The zero-order valence-corrected chi connectivity index (χ0v) is 13.7. The van der Waals surface area contributed by atoms with Gasteiger partial charge in [0.05, 0.1) is 19.0 Å². The van der Waals surface area contributed by atoms with Crippen LogP contribution in [0.4, 0.5) is 5.95 Å². The number of aromatic nitrogens is 4. The first-order chi connectivity index (χ1) is 11.3. The van der Waals surface area contributed by atoms with Crippen LogP contribution in [0.25, 0.3) is 16.0 Å². The summed E-state index contributed by atoms with van der Waals surface area (Å²) in [4.78, 5) is 45.2. The normalized spacial score (nSPS) is 11.9. The molecule has 0 radical (unpaired) electrons. The van der Waals surface area contributed by atoms with Crippen LogP contribution in [0.15, 0.2) is 11.1 Å². The van der Waals surface area contributed by atoms with Gasteiger partial charge >= 0.3 is 7.60 Å². The van der Waals surface area contributed by atoms with Crippen LogP contribution >= 0.6 is 7.60 Å². The minimum Gasteiger partial charge on any atom is -0.369 e. The third-order valence-electron chi connectivity index (χ3n) is 3.39. The Hall–Kier alpha value is -2.25. The largest absolute Gasteiger partial charge is 0.369 e. The van der Waals surface area contributed by atoms with Gasteiger partial charge in [-0.2, -0.15) is 4.98 Å². The zero-order chi connectivity index (χ0) is 17.7. The molecule has 0 aromatic carbocycles. The topological polar surface area (TPSA) is 155 Å². The maximum atomic E-state index is 11.7. The van der Waals surface area contributed by atoms with Crippen molar-refractivity contribution >= 4 is 24.7 Å². The summed E-state index contributed by atoms with van der Waals surface area (Å²) in [6.45, 7) is 8.46. The van der Waals surface area contributed by atoms with Crippen LogP contribution in [0.3, 0.4) is 0 Å². The molecule has 2 rings (SSSR count). The number of aromatic amines is 1. The van der Waals surface area contributed by atoms with Gasteiger partial charge in [0, 0.05) is 19.6 Å². The molecule has 2 aromatic rings. The minimum atomic E-state index is -4.10. The molecule has 24 heavy (non-hydrogen) atoms. The van der Waals surface area contributed by atoms with Gasteiger partial charge in [0.1, 0.15) is 0 Å².